The Hall–Kier alpha value is -2.24. The van der Waals surface area contributed by atoms with Gasteiger partial charge in [0.05, 0.1) is 11.7 Å². The highest BCUT2D eigenvalue weighted by Gasteiger charge is 2.24. The van der Waals surface area contributed by atoms with Crippen molar-refractivity contribution in [1.82, 2.24) is 24.4 Å². The highest BCUT2D eigenvalue weighted by molar-refractivity contribution is 5.53. The lowest BCUT2D eigenvalue weighted by atomic mass is 10.1. The summed E-state index contributed by atoms with van der Waals surface area (Å²) in [6, 6.07) is 10.4. The molecule has 0 N–H and O–H groups in total. The zero-order valence-electron chi connectivity index (χ0n) is 14.8. The van der Waals surface area contributed by atoms with Crippen molar-refractivity contribution in [2.45, 2.75) is 19.5 Å². The van der Waals surface area contributed by atoms with Gasteiger partial charge in [-0.1, -0.05) is 12.1 Å². The second-order valence-corrected chi connectivity index (χ2v) is 7.15. The van der Waals surface area contributed by atoms with E-state index in [-0.39, 0.29) is 0 Å². The van der Waals surface area contributed by atoms with Gasteiger partial charge in [-0.15, -0.1) is 0 Å². The minimum absolute atomic E-state index is 0.739. The molecule has 0 amide bonds. The molecule has 1 atom stereocenters. The van der Waals surface area contributed by atoms with Crippen LogP contribution in [-0.4, -0.2) is 51.1 Å². The predicted octanol–water partition coefficient (Wildman–Crippen LogP) is 2.68. The molecule has 0 spiro atoms. The van der Waals surface area contributed by atoms with Crippen molar-refractivity contribution in [2.24, 2.45) is 5.92 Å². The van der Waals surface area contributed by atoms with Crippen LogP contribution in [0.1, 0.15) is 17.5 Å². The van der Waals surface area contributed by atoms with Crippen molar-refractivity contribution in [3.05, 3.63) is 66.2 Å². The van der Waals surface area contributed by atoms with Crippen LogP contribution < -0.4 is 0 Å². The number of fused-ring (bicyclic) bond motifs is 1. The van der Waals surface area contributed by atoms with Crippen LogP contribution in [0.2, 0.25) is 0 Å². The zero-order valence-corrected chi connectivity index (χ0v) is 14.8. The Bertz CT molecular complexity index is 813. The summed E-state index contributed by atoms with van der Waals surface area (Å²) in [5, 5.41) is 4.45. The highest BCUT2D eigenvalue weighted by Crippen LogP contribution is 2.21. The topological polar surface area (TPSA) is 36.7 Å². The lowest BCUT2D eigenvalue weighted by Crippen LogP contribution is -2.28. The van der Waals surface area contributed by atoms with Crippen LogP contribution >= 0.6 is 0 Å². The maximum absolute atomic E-state index is 4.45. The third kappa shape index (κ3) is 3.89. The molecule has 1 saturated heterocycles. The van der Waals surface area contributed by atoms with Gasteiger partial charge in [0.1, 0.15) is 0 Å². The molecule has 0 aromatic carbocycles. The van der Waals surface area contributed by atoms with E-state index in [1.165, 1.54) is 36.2 Å². The smallest absolute Gasteiger partial charge is 0.0706 e. The van der Waals surface area contributed by atoms with Crippen LogP contribution in [-0.2, 0) is 13.1 Å². The SMILES string of the molecule is CN(Cc1cccnc1)C[C@@H]1CCN(Cc2cnn3ccccc23)C1. The molecule has 0 unspecified atom stereocenters. The molecule has 0 bridgehead atoms. The second kappa shape index (κ2) is 7.33. The molecule has 5 heteroatoms. The summed E-state index contributed by atoms with van der Waals surface area (Å²) in [7, 11) is 2.21. The van der Waals surface area contributed by atoms with Gasteiger partial charge in [0, 0.05) is 50.3 Å². The van der Waals surface area contributed by atoms with Crippen molar-refractivity contribution in [3.63, 3.8) is 0 Å². The molecule has 25 heavy (non-hydrogen) atoms. The first-order valence-corrected chi connectivity index (χ1v) is 8.99. The summed E-state index contributed by atoms with van der Waals surface area (Å²) in [4.78, 5) is 9.18. The van der Waals surface area contributed by atoms with Crippen LogP contribution in [0.3, 0.4) is 0 Å². The van der Waals surface area contributed by atoms with E-state index < -0.39 is 0 Å². The Morgan fingerprint density at radius 2 is 2.16 bits per heavy atom. The molecule has 1 aliphatic heterocycles. The third-order valence-electron chi connectivity index (χ3n) is 5.02. The molecule has 4 rings (SSSR count). The largest absolute Gasteiger partial charge is 0.302 e. The minimum Gasteiger partial charge on any atom is -0.302 e. The predicted molar refractivity (Wildman–Crippen MR) is 99.1 cm³/mol. The van der Waals surface area contributed by atoms with E-state index in [1.807, 2.05) is 41.4 Å². The Kier molecular flexibility index (Phi) is 4.76. The molecule has 4 heterocycles. The Labute approximate surface area is 148 Å². The van der Waals surface area contributed by atoms with Gasteiger partial charge >= 0.3 is 0 Å². The molecule has 3 aromatic rings. The summed E-state index contributed by atoms with van der Waals surface area (Å²) in [6.07, 6.45) is 9.09. The van der Waals surface area contributed by atoms with Crippen molar-refractivity contribution in [1.29, 1.82) is 0 Å². The van der Waals surface area contributed by atoms with Gasteiger partial charge in [-0.25, -0.2) is 4.52 Å². The van der Waals surface area contributed by atoms with E-state index >= 15 is 0 Å². The van der Waals surface area contributed by atoms with Crippen LogP contribution in [0.5, 0.6) is 0 Å². The van der Waals surface area contributed by atoms with Crippen molar-refractivity contribution >= 4 is 5.52 Å². The summed E-state index contributed by atoms with van der Waals surface area (Å²) >= 11 is 0. The Balaban J connectivity index is 1.31. The number of nitrogens with zero attached hydrogens (tertiary/aromatic N) is 5. The van der Waals surface area contributed by atoms with Crippen molar-refractivity contribution in [3.8, 4) is 0 Å². The van der Waals surface area contributed by atoms with E-state index in [4.69, 9.17) is 0 Å². The zero-order chi connectivity index (χ0) is 17.1. The number of hydrogen-bond acceptors (Lipinski definition) is 4. The number of likely N-dealkylation sites (tertiary alicyclic amines) is 1. The van der Waals surface area contributed by atoms with Crippen LogP contribution in [0, 0.1) is 5.92 Å². The van der Waals surface area contributed by atoms with E-state index in [2.05, 4.69) is 45.1 Å². The van der Waals surface area contributed by atoms with Gasteiger partial charge in [-0.05, 0) is 49.7 Å². The average Bonchev–Trinajstić information content (AvgIpc) is 3.23. The number of hydrogen-bond donors (Lipinski definition) is 0. The van der Waals surface area contributed by atoms with Crippen LogP contribution in [0.15, 0.2) is 55.1 Å². The van der Waals surface area contributed by atoms with E-state index in [0.29, 0.717) is 0 Å². The molecule has 0 saturated carbocycles. The van der Waals surface area contributed by atoms with E-state index in [9.17, 15) is 0 Å². The number of pyridine rings is 2. The van der Waals surface area contributed by atoms with Gasteiger partial charge in [-0.3, -0.25) is 9.88 Å². The first kappa shape index (κ1) is 16.2. The molecular formula is C20H25N5. The lowest BCUT2D eigenvalue weighted by Gasteiger charge is -2.21. The van der Waals surface area contributed by atoms with Gasteiger partial charge in [0.2, 0.25) is 0 Å². The first-order valence-electron chi connectivity index (χ1n) is 8.99. The van der Waals surface area contributed by atoms with E-state index in [0.717, 1.165) is 25.6 Å². The fourth-order valence-corrected chi connectivity index (χ4v) is 3.86. The number of aromatic nitrogens is 3. The molecule has 3 aromatic heterocycles. The molecule has 130 valence electrons. The molecule has 1 fully saturated rings. The fourth-order valence-electron chi connectivity index (χ4n) is 3.86. The van der Waals surface area contributed by atoms with Gasteiger partial charge in [-0.2, -0.15) is 5.10 Å². The summed E-state index contributed by atoms with van der Waals surface area (Å²) in [5.74, 6) is 0.739. The third-order valence-corrected chi connectivity index (χ3v) is 5.02. The molecule has 0 aliphatic carbocycles. The van der Waals surface area contributed by atoms with Crippen molar-refractivity contribution < 1.29 is 0 Å². The van der Waals surface area contributed by atoms with Crippen LogP contribution in [0.4, 0.5) is 0 Å². The quantitative estimate of drug-likeness (QED) is 0.694. The monoisotopic (exact) mass is 335 g/mol. The number of rotatable bonds is 6. The summed E-state index contributed by atoms with van der Waals surface area (Å²) < 4.78 is 1.96. The fraction of sp³-hybridized carbons (Fsp3) is 0.400. The normalized spacial score (nSPS) is 18.4. The van der Waals surface area contributed by atoms with Gasteiger partial charge in [0.25, 0.3) is 0 Å². The maximum atomic E-state index is 4.45. The molecule has 1 aliphatic rings. The molecule has 5 nitrogen and oxygen atoms in total. The Morgan fingerprint density at radius 1 is 1.20 bits per heavy atom. The molecule has 0 radical (unpaired) electrons. The van der Waals surface area contributed by atoms with E-state index in [1.54, 1.807) is 0 Å². The standard InChI is InChI=1S/C20H25N5/c1-23(13-17-5-4-8-21-11-17)14-18-7-10-24(15-18)16-19-12-22-25-9-3-2-6-20(19)25/h2-6,8-9,11-12,18H,7,10,13-16H2,1H3/t18-/m0/s1. The van der Waals surface area contributed by atoms with Crippen LogP contribution in [0.25, 0.3) is 5.52 Å². The van der Waals surface area contributed by atoms with Gasteiger partial charge < -0.3 is 4.90 Å². The Morgan fingerprint density at radius 3 is 3.04 bits per heavy atom. The van der Waals surface area contributed by atoms with Crippen molar-refractivity contribution in [2.75, 3.05) is 26.7 Å². The van der Waals surface area contributed by atoms with Gasteiger partial charge in [0.15, 0.2) is 0 Å². The summed E-state index contributed by atoms with van der Waals surface area (Å²) in [5.41, 5.74) is 3.83. The highest BCUT2D eigenvalue weighted by atomic mass is 15.2. The summed E-state index contributed by atoms with van der Waals surface area (Å²) in [6.45, 7) is 5.45. The first-order chi connectivity index (χ1) is 12.3. The second-order valence-electron chi connectivity index (χ2n) is 7.15. The minimum atomic E-state index is 0.739. The molecular weight excluding hydrogens is 310 g/mol. The maximum Gasteiger partial charge on any atom is 0.0706 e. The average molecular weight is 335 g/mol. The lowest BCUT2D eigenvalue weighted by molar-refractivity contribution is 0.255.